The maximum Gasteiger partial charge on any atom is 0.469 e. The molecule has 0 saturated carbocycles. The summed E-state index contributed by atoms with van der Waals surface area (Å²) in [5.74, 6) is 0. The van der Waals surface area contributed by atoms with Gasteiger partial charge in [0.15, 0.2) is 0 Å². The third-order valence-electron chi connectivity index (χ3n) is 4.91. The van der Waals surface area contributed by atoms with E-state index in [1.807, 2.05) is 0 Å². The molecular formula is C17H25F14N3. The zero-order valence-electron chi connectivity index (χ0n) is 18.5. The second kappa shape index (κ2) is 10.9. The molecule has 0 aromatic rings. The molecule has 0 aromatic heterocycles. The van der Waals surface area contributed by atoms with Crippen molar-refractivity contribution in [3.05, 3.63) is 0 Å². The molecule has 0 aliphatic rings. The van der Waals surface area contributed by atoms with Gasteiger partial charge in [-0.25, -0.2) is 0 Å². The lowest BCUT2D eigenvalue weighted by molar-refractivity contribution is -0.415. The quantitative estimate of drug-likeness (QED) is 0.193. The minimum atomic E-state index is -6.88. The molecule has 0 aliphatic heterocycles. The maximum absolute atomic E-state index is 14.6. The van der Waals surface area contributed by atoms with Crippen molar-refractivity contribution in [3.8, 4) is 0 Å². The summed E-state index contributed by atoms with van der Waals surface area (Å²) in [7, 11) is 0. The van der Waals surface area contributed by atoms with E-state index in [1.165, 1.54) is 11.8 Å². The van der Waals surface area contributed by atoms with Crippen LogP contribution >= 0.6 is 0 Å². The summed E-state index contributed by atoms with van der Waals surface area (Å²) < 4.78 is 187. The van der Waals surface area contributed by atoms with Gasteiger partial charge in [-0.2, -0.15) is 71.3 Å². The van der Waals surface area contributed by atoms with E-state index >= 15 is 0 Å². The molecule has 0 bridgehead atoms. The van der Waals surface area contributed by atoms with Crippen molar-refractivity contribution in [2.45, 2.75) is 83.1 Å². The van der Waals surface area contributed by atoms with Crippen molar-refractivity contribution in [1.29, 1.82) is 0 Å². The van der Waals surface area contributed by atoms with Gasteiger partial charge in [-0.1, -0.05) is 13.8 Å². The molecule has 0 rings (SSSR count). The lowest BCUT2D eigenvalue weighted by Gasteiger charge is -2.43. The van der Waals surface area contributed by atoms with E-state index in [9.17, 15) is 61.5 Å². The Morgan fingerprint density at radius 1 is 0.618 bits per heavy atom. The fourth-order valence-corrected chi connectivity index (χ4v) is 2.90. The molecule has 0 spiro atoms. The molecule has 206 valence electrons. The Labute approximate surface area is 186 Å². The van der Waals surface area contributed by atoms with E-state index in [0.29, 0.717) is 12.8 Å². The minimum absolute atomic E-state index is 0.0251. The van der Waals surface area contributed by atoms with Gasteiger partial charge in [0, 0.05) is 26.1 Å². The first-order valence-corrected chi connectivity index (χ1v) is 9.82. The molecule has 1 atom stereocenters. The lowest BCUT2D eigenvalue weighted by atomic mass is 10.2. The van der Waals surface area contributed by atoms with Crippen LogP contribution in [0.1, 0.15) is 40.5 Å². The number of alkyl halides is 14. The fraction of sp³-hybridized carbons (Fsp3) is 1.00. The van der Waals surface area contributed by atoms with Crippen molar-refractivity contribution in [1.82, 2.24) is 14.7 Å². The molecule has 0 aromatic carbocycles. The van der Waals surface area contributed by atoms with E-state index in [-0.39, 0.29) is 6.54 Å². The van der Waals surface area contributed by atoms with Crippen LogP contribution in [-0.2, 0) is 0 Å². The first-order valence-electron chi connectivity index (χ1n) is 9.82. The zero-order valence-corrected chi connectivity index (χ0v) is 18.5. The zero-order chi connectivity index (χ0) is 27.6. The van der Waals surface area contributed by atoms with Crippen LogP contribution in [0.25, 0.3) is 0 Å². The van der Waals surface area contributed by atoms with Crippen LogP contribution in [0.4, 0.5) is 61.5 Å². The Balaban J connectivity index is 6.44. The molecule has 0 radical (unpaired) electrons. The van der Waals surface area contributed by atoms with Crippen molar-refractivity contribution in [2.75, 3.05) is 26.2 Å². The van der Waals surface area contributed by atoms with E-state index in [2.05, 4.69) is 0 Å². The van der Waals surface area contributed by atoms with Crippen molar-refractivity contribution in [2.24, 2.45) is 0 Å². The van der Waals surface area contributed by atoms with E-state index < -0.39 is 78.9 Å². The predicted molar refractivity (Wildman–Crippen MR) is 92.6 cm³/mol. The molecule has 0 heterocycles. The largest absolute Gasteiger partial charge is 0.469 e. The number of rotatable bonds is 13. The van der Waals surface area contributed by atoms with Crippen LogP contribution < -0.4 is 0 Å². The highest BCUT2D eigenvalue weighted by atomic mass is 19.4. The monoisotopic (exact) mass is 537 g/mol. The van der Waals surface area contributed by atoms with E-state index in [1.54, 1.807) is 13.8 Å². The fourth-order valence-electron chi connectivity index (χ4n) is 2.90. The van der Waals surface area contributed by atoms with Crippen LogP contribution in [0.2, 0.25) is 0 Å². The summed E-state index contributed by atoms with van der Waals surface area (Å²) in [5, 5.41) is 0. The molecule has 0 aliphatic carbocycles. The molecule has 0 saturated heterocycles. The maximum atomic E-state index is 14.6. The van der Waals surface area contributed by atoms with Crippen LogP contribution in [-0.4, -0.2) is 83.5 Å². The smallest absolute Gasteiger partial charge is 0.299 e. The van der Waals surface area contributed by atoms with Crippen LogP contribution in [0, 0.1) is 0 Å². The van der Waals surface area contributed by atoms with Gasteiger partial charge in [0.1, 0.15) is 0 Å². The van der Waals surface area contributed by atoms with Crippen molar-refractivity contribution >= 4 is 0 Å². The Morgan fingerprint density at radius 2 is 1.03 bits per heavy atom. The third kappa shape index (κ3) is 7.70. The molecular weight excluding hydrogens is 512 g/mol. The summed E-state index contributed by atoms with van der Waals surface area (Å²) in [5.41, 5.74) is 0. The molecule has 0 amide bonds. The molecule has 3 nitrogen and oxygen atoms in total. The lowest BCUT2D eigenvalue weighted by Crippen LogP contribution is -2.68. The highest BCUT2D eigenvalue weighted by molar-refractivity contribution is 4.90. The van der Waals surface area contributed by atoms with Gasteiger partial charge in [0.25, 0.3) is 0 Å². The number of hydrogen-bond acceptors (Lipinski definition) is 3. The Morgan fingerprint density at radius 3 is 1.35 bits per heavy atom. The highest BCUT2D eigenvalue weighted by Crippen LogP contribution is 2.47. The van der Waals surface area contributed by atoms with Gasteiger partial charge in [-0.3, -0.25) is 4.90 Å². The van der Waals surface area contributed by atoms with Gasteiger partial charge in [-0.15, -0.1) is 0 Å². The minimum Gasteiger partial charge on any atom is -0.299 e. The van der Waals surface area contributed by atoms with Crippen LogP contribution in [0.3, 0.4) is 0 Å². The van der Waals surface area contributed by atoms with Gasteiger partial charge >= 0.3 is 36.5 Å². The van der Waals surface area contributed by atoms with Crippen molar-refractivity contribution in [3.63, 3.8) is 0 Å². The first kappa shape index (κ1) is 32.9. The summed E-state index contributed by atoms with van der Waals surface area (Å²) in [6.45, 7) is -2.35. The third-order valence-corrected chi connectivity index (χ3v) is 4.91. The van der Waals surface area contributed by atoms with Crippen LogP contribution in [0.5, 0.6) is 0 Å². The van der Waals surface area contributed by atoms with E-state index in [4.69, 9.17) is 0 Å². The molecule has 34 heavy (non-hydrogen) atoms. The Kier molecular flexibility index (Phi) is 10.5. The van der Waals surface area contributed by atoms with Crippen LogP contribution in [0.15, 0.2) is 0 Å². The average Bonchev–Trinajstić information content (AvgIpc) is 2.61. The Hall–Kier alpha value is -1.10. The highest BCUT2D eigenvalue weighted by Gasteiger charge is 2.71. The second-order valence-corrected chi connectivity index (χ2v) is 7.62. The average molecular weight is 537 g/mol. The standard InChI is InChI=1S/C17H25F14N3/c1-5-7-32(11(3)6-2)8-9-33(16(28,29)14(22,23)24)13(20,21)10-34(12(4,18)19)17(30,31)15(25,26)27/h11H,5-10H2,1-4H3. The van der Waals surface area contributed by atoms with E-state index in [0.717, 1.165) is 0 Å². The molecule has 0 fully saturated rings. The number of halogens is 14. The Bertz CT molecular complexity index is 626. The normalized spacial score (nSPS) is 16.1. The molecule has 1 unspecified atom stereocenters. The summed E-state index contributed by atoms with van der Waals surface area (Å²) in [6, 6.07) is -25.0. The summed E-state index contributed by atoms with van der Waals surface area (Å²) in [4.78, 5) is -3.24. The summed E-state index contributed by atoms with van der Waals surface area (Å²) >= 11 is 0. The SMILES string of the molecule is CCCN(CCN(C(F)(F)CN(C(C)(F)F)C(F)(F)C(F)(F)F)C(F)(F)C(F)(F)F)C(C)CC. The van der Waals surface area contributed by atoms with Gasteiger partial charge < -0.3 is 0 Å². The summed E-state index contributed by atoms with van der Waals surface area (Å²) in [6.07, 6.45) is -13.0. The van der Waals surface area contributed by atoms with Crippen molar-refractivity contribution < 1.29 is 61.5 Å². The van der Waals surface area contributed by atoms with Gasteiger partial charge in [0.05, 0.1) is 6.54 Å². The molecule has 17 heteroatoms. The predicted octanol–water partition coefficient (Wildman–Crippen LogP) is 6.62. The van der Waals surface area contributed by atoms with Gasteiger partial charge in [0.2, 0.25) is 0 Å². The number of hydrogen-bond donors (Lipinski definition) is 0. The number of nitrogens with zero attached hydrogens (tertiary/aromatic N) is 3. The second-order valence-electron chi connectivity index (χ2n) is 7.62. The molecule has 0 N–H and O–H groups in total. The van der Waals surface area contributed by atoms with Gasteiger partial charge in [-0.05, 0) is 26.3 Å². The first-order chi connectivity index (χ1) is 14.9. The topological polar surface area (TPSA) is 9.72 Å².